The zero-order valence-corrected chi connectivity index (χ0v) is 17.0. The van der Waals surface area contributed by atoms with E-state index in [1.165, 1.54) is 10.5 Å². The zero-order valence-electron chi connectivity index (χ0n) is 15.4. The molecule has 0 spiro atoms. The van der Waals surface area contributed by atoms with Crippen LogP contribution in [0.15, 0.2) is 68.9 Å². The van der Waals surface area contributed by atoms with Crippen molar-refractivity contribution >= 4 is 29.4 Å². The minimum absolute atomic E-state index is 0.0450. The van der Waals surface area contributed by atoms with Gasteiger partial charge in [-0.25, -0.2) is 0 Å². The quantitative estimate of drug-likeness (QED) is 0.422. The Balaban J connectivity index is 1.51. The number of aromatic nitrogens is 1. The average Bonchev–Trinajstić information content (AvgIpc) is 3.10. The summed E-state index contributed by atoms with van der Waals surface area (Å²) < 4.78 is 5.24. The molecule has 0 bridgehead atoms. The number of rotatable bonds is 8. The lowest BCUT2D eigenvalue weighted by atomic mass is 10.2. The third-order valence-electron chi connectivity index (χ3n) is 3.86. The van der Waals surface area contributed by atoms with Crippen LogP contribution in [0.1, 0.15) is 27.4 Å². The number of benzene rings is 2. The van der Waals surface area contributed by atoms with Gasteiger partial charge in [-0.2, -0.15) is 0 Å². The molecule has 0 aliphatic rings. The number of nitrogens with one attached hydrogen (secondary N) is 1. The van der Waals surface area contributed by atoms with Crippen LogP contribution in [-0.4, -0.2) is 23.4 Å². The molecule has 0 atom stereocenters. The number of carbonyl (C=O) groups is 1. The smallest absolute Gasteiger partial charge is 0.252 e. The van der Waals surface area contributed by atoms with E-state index in [4.69, 9.17) is 4.52 Å². The van der Waals surface area contributed by atoms with Crippen LogP contribution >= 0.6 is 23.5 Å². The van der Waals surface area contributed by atoms with Gasteiger partial charge in [-0.1, -0.05) is 35.0 Å². The summed E-state index contributed by atoms with van der Waals surface area (Å²) in [6.07, 6.45) is 0. The van der Waals surface area contributed by atoms with E-state index >= 15 is 0 Å². The fourth-order valence-electron chi connectivity index (χ4n) is 2.48. The van der Waals surface area contributed by atoms with Crippen LogP contribution in [-0.2, 0) is 5.75 Å². The Labute approximate surface area is 168 Å². The van der Waals surface area contributed by atoms with E-state index in [1.54, 1.807) is 23.5 Å². The van der Waals surface area contributed by atoms with Gasteiger partial charge < -0.3 is 9.84 Å². The second-order valence-corrected chi connectivity index (χ2v) is 8.32. The summed E-state index contributed by atoms with van der Waals surface area (Å²) in [7, 11) is 0. The molecule has 0 aliphatic carbocycles. The molecule has 1 aromatic heterocycles. The molecule has 4 nitrogen and oxygen atoms in total. The Morgan fingerprint density at radius 1 is 1.07 bits per heavy atom. The summed E-state index contributed by atoms with van der Waals surface area (Å²) in [6, 6.07) is 18.0. The summed E-state index contributed by atoms with van der Waals surface area (Å²) >= 11 is 3.32. The summed E-state index contributed by atoms with van der Waals surface area (Å²) in [5.41, 5.74) is 2.81. The van der Waals surface area contributed by atoms with Crippen LogP contribution in [0.2, 0.25) is 0 Å². The molecule has 0 saturated heterocycles. The number of amides is 1. The highest BCUT2D eigenvalue weighted by Gasteiger charge is 2.12. The van der Waals surface area contributed by atoms with Gasteiger partial charge >= 0.3 is 0 Å². The molecule has 0 fully saturated rings. The van der Waals surface area contributed by atoms with Gasteiger partial charge in [0.25, 0.3) is 5.91 Å². The molecule has 27 heavy (non-hydrogen) atoms. The number of thioether (sulfide) groups is 2. The van der Waals surface area contributed by atoms with Crippen molar-refractivity contribution in [3.05, 3.63) is 77.2 Å². The van der Waals surface area contributed by atoms with Crippen LogP contribution in [0.25, 0.3) is 0 Å². The first kappa shape index (κ1) is 19.6. The van der Waals surface area contributed by atoms with Crippen molar-refractivity contribution in [1.82, 2.24) is 10.5 Å². The lowest BCUT2D eigenvalue weighted by Crippen LogP contribution is -2.26. The van der Waals surface area contributed by atoms with Gasteiger partial charge in [-0.3, -0.25) is 4.79 Å². The standard InChI is InChI=1S/C21H22N2O2S2/c1-15-7-9-18(10-8-15)26-12-11-22-21(24)19-5-3-4-6-20(19)27-14-17-13-16(2)23-25-17/h3-10,13H,11-12,14H2,1-2H3,(H,22,24). The molecule has 0 radical (unpaired) electrons. The third-order valence-corrected chi connectivity index (χ3v) is 5.97. The average molecular weight is 399 g/mol. The van der Waals surface area contributed by atoms with Crippen molar-refractivity contribution in [2.75, 3.05) is 12.3 Å². The molecule has 0 unspecified atom stereocenters. The molecule has 6 heteroatoms. The zero-order chi connectivity index (χ0) is 19.1. The highest BCUT2D eigenvalue weighted by Crippen LogP contribution is 2.26. The number of hydrogen-bond donors (Lipinski definition) is 1. The Morgan fingerprint density at radius 2 is 1.85 bits per heavy atom. The molecule has 140 valence electrons. The first-order valence-electron chi connectivity index (χ1n) is 8.73. The van der Waals surface area contributed by atoms with E-state index < -0.39 is 0 Å². The third kappa shape index (κ3) is 5.91. The monoisotopic (exact) mass is 398 g/mol. The van der Waals surface area contributed by atoms with Gasteiger partial charge in [0.1, 0.15) is 5.76 Å². The van der Waals surface area contributed by atoms with E-state index in [2.05, 4.69) is 41.7 Å². The van der Waals surface area contributed by atoms with Gasteiger partial charge in [0.05, 0.1) is 17.0 Å². The first-order chi connectivity index (χ1) is 13.1. The summed E-state index contributed by atoms with van der Waals surface area (Å²) in [5.74, 6) is 2.24. The maximum Gasteiger partial charge on any atom is 0.252 e. The molecule has 1 N–H and O–H groups in total. The normalized spacial score (nSPS) is 10.7. The fourth-order valence-corrected chi connectivity index (χ4v) is 4.17. The molecule has 0 aliphatic heterocycles. The molecule has 0 saturated carbocycles. The Morgan fingerprint density at radius 3 is 2.59 bits per heavy atom. The minimum Gasteiger partial charge on any atom is -0.360 e. The number of carbonyl (C=O) groups excluding carboxylic acids is 1. The van der Waals surface area contributed by atoms with Crippen molar-refractivity contribution in [1.29, 1.82) is 0 Å². The highest BCUT2D eigenvalue weighted by atomic mass is 32.2. The molecule has 3 rings (SSSR count). The van der Waals surface area contributed by atoms with Crippen molar-refractivity contribution in [3.63, 3.8) is 0 Å². The van der Waals surface area contributed by atoms with Crippen LogP contribution in [0, 0.1) is 13.8 Å². The van der Waals surface area contributed by atoms with Gasteiger partial charge in [-0.05, 0) is 38.1 Å². The molecule has 2 aromatic carbocycles. The summed E-state index contributed by atoms with van der Waals surface area (Å²) in [5, 5.41) is 6.91. The number of nitrogens with zero attached hydrogens (tertiary/aromatic N) is 1. The SMILES string of the molecule is Cc1ccc(SCCNC(=O)c2ccccc2SCc2cc(C)no2)cc1. The lowest BCUT2D eigenvalue weighted by molar-refractivity contribution is 0.0953. The number of aryl methyl sites for hydroxylation is 2. The van der Waals surface area contributed by atoms with Crippen molar-refractivity contribution in [3.8, 4) is 0 Å². The van der Waals surface area contributed by atoms with Gasteiger partial charge in [0.2, 0.25) is 0 Å². The van der Waals surface area contributed by atoms with Crippen LogP contribution in [0.5, 0.6) is 0 Å². The fraction of sp³-hybridized carbons (Fsp3) is 0.238. The molecule has 1 heterocycles. The predicted octanol–water partition coefficient (Wildman–Crippen LogP) is 5.11. The maximum absolute atomic E-state index is 12.6. The predicted molar refractivity (Wildman–Crippen MR) is 111 cm³/mol. The minimum atomic E-state index is -0.0450. The first-order valence-corrected chi connectivity index (χ1v) is 10.7. The van der Waals surface area contributed by atoms with E-state index in [-0.39, 0.29) is 5.91 Å². The Bertz CT molecular complexity index is 891. The van der Waals surface area contributed by atoms with E-state index in [1.807, 2.05) is 37.3 Å². The molecular weight excluding hydrogens is 376 g/mol. The van der Waals surface area contributed by atoms with Crippen LogP contribution < -0.4 is 5.32 Å². The molecule has 1 amide bonds. The summed E-state index contributed by atoms with van der Waals surface area (Å²) in [4.78, 5) is 14.7. The van der Waals surface area contributed by atoms with Gasteiger partial charge in [0.15, 0.2) is 0 Å². The van der Waals surface area contributed by atoms with E-state index in [0.717, 1.165) is 22.1 Å². The van der Waals surface area contributed by atoms with Gasteiger partial charge in [-0.15, -0.1) is 23.5 Å². The summed E-state index contributed by atoms with van der Waals surface area (Å²) in [6.45, 7) is 4.60. The largest absolute Gasteiger partial charge is 0.360 e. The second-order valence-electron chi connectivity index (χ2n) is 6.14. The number of hydrogen-bond acceptors (Lipinski definition) is 5. The van der Waals surface area contributed by atoms with E-state index in [0.29, 0.717) is 17.9 Å². The second kappa shape index (κ2) is 9.67. The van der Waals surface area contributed by atoms with Crippen molar-refractivity contribution in [2.45, 2.75) is 29.4 Å². The van der Waals surface area contributed by atoms with Crippen LogP contribution in [0.4, 0.5) is 0 Å². The maximum atomic E-state index is 12.6. The molecular formula is C21H22N2O2S2. The van der Waals surface area contributed by atoms with Crippen LogP contribution in [0.3, 0.4) is 0 Å². The lowest BCUT2D eigenvalue weighted by Gasteiger charge is -2.09. The Kier molecular flexibility index (Phi) is 7.01. The molecule has 3 aromatic rings. The van der Waals surface area contributed by atoms with E-state index in [9.17, 15) is 4.79 Å². The highest BCUT2D eigenvalue weighted by molar-refractivity contribution is 7.99. The van der Waals surface area contributed by atoms with Crippen molar-refractivity contribution in [2.24, 2.45) is 0 Å². The topological polar surface area (TPSA) is 55.1 Å². The van der Waals surface area contributed by atoms with Gasteiger partial charge in [0, 0.05) is 28.2 Å². The van der Waals surface area contributed by atoms with Crippen molar-refractivity contribution < 1.29 is 9.32 Å². The Hall–Kier alpha value is -2.18.